The van der Waals surface area contributed by atoms with E-state index in [0.29, 0.717) is 6.61 Å². The Morgan fingerprint density at radius 1 is 0.929 bits per heavy atom. The lowest BCUT2D eigenvalue weighted by Crippen LogP contribution is -2.34. The predicted molar refractivity (Wildman–Crippen MR) is 118 cm³/mol. The zero-order valence-electron chi connectivity index (χ0n) is 16.2. The Kier molecular flexibility index (Phi) is 5.77. The van der Waals surface area contributed by atoms with Gasteiger partial charge in [-0.1, -0.05) is 54.7 Å². The first-order valence-corrected chi connectivity index (χ1v) is 10.2. The van der Waals surface area contributed by atoms with Gasteiger partial charge in [-0.25, -0.2) is 0 Å². The number of hydrogen-bond acceptors (Lipinski definition) is 3. The summed E-state index contributed by atoms with van der Waals surface area (Å²) in [5.74, 6) is 1.46. The fraction of sp³-hybridized carbons (Fsp3) is 0.292. The lowest BCUT2D eigenvalue weighted by atomic mass is 10.1. The van der Waals surface area contributed by atoms with Crippen LogP contribution in [-0.2, 0) is 6.61 Å². The van der Waals surface area contributed by atoms with Gasteiger partial charge in [0.15, 0.2) is 11.5 Å². The van der Waals surface area contributed by atoms with E-state index >= 15 is 0 Å². The van der Waals surface area contributed by atoms with Crippen molar-refractivity contribution in [2.24, 2.45) is 0 Å². The molecule has 0 aromatic heterocycles. The average molecular weight is 392 g/mol. The number of thiocarbonyl (C=S) groups is 1. The number of likely N-dealkylation sites (tertiary alicyclic amines) is 1. The summed E-state index contributed by atoms with van der Waals surface area (Å²) in [7, 11) is 1.67. The van der Waals surface area contributed by atoms with E-state index in [-0.39, 0.29) is 0 Å². The number of benzene rings is 3. The molecule has 1 aliphatic rings. The van der Waals surface area contributed by atoms with E-state index < -0.39 is 0 Å². The van der Waals surface area contributed by atoms with Crippen LogP contribution in [0.25, 0.3) is 10.8 Å². The van der Waals surface area contributed by atoms with Gasteiger partial charge < -0.3 is 14.4 Å². The first-order chi connectivity index (χ1) is 13.8. The Morgan fingerprint density at radius 2 is 1.71 bits per heavy atom. The molecule has 0 aliphatic carbocycles. The molecule has 28 heavy (non-hydrogen) atoms. The minimum atomic E-state index is 0.494. The summed E-state index contributed by atoms with van der Waals surface area (Å²) >= 11 is 5.71. The number of nitrogens with zero attached hydrogens (tertiary/aromatic N) is 1. The monoisotopic (exact) mass is 391 g/mol. The van der Waals surface area contributed by atoms with Crippen LogP contribution >= 0.6 is 12.2 Å². The van der Waals surface area contributed by atoms with Crippen LogP contribution in [0.4, 0.5) is 0 Å². The van der Waals surface area contributed by atoms with E-state index in [1.807, 2.05) is 18.2 Å². The van der Waals surface area contributed by atoms with E-state index in [9.17, 15) is 0 Å². The maximum Gasteiger partial charge on any atom is 0.161 e. The molecule has 144 valence electrons. The first-order valence-electron chi connectivity index (χ1n) is 9.83. The predicted octanol–water partition coefficient (Wildman–Crippen LogP) is 5.59. The smallest absolute Gasteiger partial charge is 0.161 e. The van der Waals surface area contributed by atoms with E-state index in [1.165, 1.54) is 30.0 Å². The topological polar surface area (TPSA) is 21.7 Å². The molecule has 4 heteroatoms. The second-order valence-electron chi connectivity index (χ2n) is 7.15. The number of methoxy groups -OCH3 is 1. The number of piperidine rings is 1. The Bertz CT molecular complexity index is 974. The first kappa shape index (κ1) is 18.8. The van der Waals surface area contributed by atoms with Gasteiger partial charge in [-0.3, -0.25) is 0 Å². The van der Waals surface area contributed by atoms with E-state index in [1.54, 1.807) is 7.11 Å². The van der Waals surface area contributed by atoms with E-state index in [2.05, 4.69) is 47.4 Å². The normalized spacial score (nSPS) is 14.1. The summed E-state index contributed by atoms with van der Waals surface area (Å²) in [6, 6.07) is 20.7. The van der Waals surface area contributed by atoms with Crippen molar-refractivity contribution in [3.8, 4) is 11.5 Å². The van der Waals surface area contributed by atoms with Crippen molar-refractivity contribution in [2.45, 2.75) is 25.9 Å². The number of fused-ring (bicyclic) bond motifs is 1. The molecule has 0 spiro atoms. The molecule has 0 atom stereocenters. The van der Waals surface area contributed by atoms with Gasteiger partial charge >= 0.3 is 0 Å². The van der Waals surface area contributed by atoms with Gasteiger partial charge in [0.05, 0.1) is 7.11 Å². The molecule has 3 nitrogen and oxygen atoms in total. The lowest BCUT2D eigenvalue weighted by molar-refractivity contribution is 0.285. The molecule has 0 N–H and O–H groups in total. The van der Waals surface area contributed by atoms with Gasteiger partial charge in [0.25, 0.3) is 0 Å². The molecule has 3 aromatic rings. The van der Waals surface area contributed by atoms with Crippen molar-refractivity contribution >= 4 is 28.0 Å². The zero-order chi connectivity index (χ0) is 19.3. The summed E-state index contributed by atoms with van der Waals surface area (Å²) in [6.07, 6.45) is 3.72. The second kappa shape index (κ2) is 8.61. The Balaban J connectivity index is 1.52. The molecule has 0 radical (unpaired) electrons. The van der Waals surface area contributed by atoms with E-state index in [0.717, 1.165) is 40.7 Å². The molecule has 1 fully saturated rings. The second-order valence-corrected chi connectivity index (χ2v) is 7.53. The standard InChI is InChI=1S/C24H25NO2S/c1-26-23-16-19(24(28)25-14-5-2-6-15-25)12-13-22(23)27-17-20-10-7-9-18-8-3-4-11-21(18)20/h3-4,7-13,16H,2,5-6,14-15,17H2,1H3. The molecular weight excluding hydrogens is 366 g/mol. The van der Waals surface area contributed by atoms with Gasteiger partial charge in [-0.2, -0.15) is 0 Å². The molecule has 4 rings (SSSR count). The highest BCUT2D eigenvalue weighted by Crippen LogP contribution is 2.30. The highest BCUT2D eigenvalue weighted by molar-refractivity contribution is 7.80. The van der Waals surface area contributed by atoms with Crippen LogP contribution < -0.4 is 9.47 Å². The Morgan fingerprint density at radius 3 is 2.54 bits per heavy atom. The van der Waals surface area contributed by atoms with Crippen molar-refractivity contribution in [2.75, 3.05) is 20.2 Å². The minimum Gasteiger partial charge on any atom is -0.493 e. The van der Waals surface area contributed by atoms with Crippen molar-refractivity contribution in [3.05, 3.63) is 71.8 Å². The van der Waals surface area contributed by atoms with Crippen LogP contribution in [0.2, 0.25) is 0 Å². The molecule has 0 bridgehead atoms. The van der Waals surface area contributed by atoms with Gasteiger partial charge in [-0.05, 0) is 53.8 Å². The summed E-state index contributed by atoms with van der Waals surface area (Å²) in [4.78, 5) is 3.20. The summed E-state index contributed by atoms with van der Waals surface area (Å²) in [5.41, 5.74) is 2.18. The van der Waals surface area contributed by atoms with Crippen molar-refractivity contribution in [1.82, 2.24) is 4.90 Å². The molecule has 0 amide bonds. The van der Waals surface area contributed by atoms with Crippen LogP contribution in [-0.4, -0.2) is 30.1 Å². The minimum absolute atomic E-state index is 0.494. The Hall–Kier alpha value is -2.59. The molecule has 1 saturated heterocycles. The fourth-order valence-corrected chi connectivity index (χ4v) is 4.08. The largest absolute Gasteiger partial charge is 0.493 e. The highest BCUT2D eigenvalue weighted by Gasteiger charge is 2.17. The van der Waals surface area contributed by atoms with Gasteiger partial charge in [0, 0.05) is 18.7 Å². The maximum atomic E-state index is 6.12. The summed E-state index contributed by atoms with van der Waals surface area (Å²) in [6.45, 7) is 2.58. The zero-order valence-corrected chi connectivity index (χ0v) is 17.0. The SMILES string of the molecule is COc1cc(C(=S)N2CCCCC2)ccc1OCc1cccc2ccccc12. The van der Waals surface area contributed by atoms with Crippen LogP contribution in [0.15, 0.2) is 60.7 Å². The van der Waals surface area contributed by atoms with Crippen LogP contribution in [0.5, 0.6) is 11.5 Å². The van der Waals surface area contributed by atoms with Crippen LogP contribution in [0.1, 0.15) is 30.4 Å². The highest BCUT2D eigenvalue weighted by atomic mass is 32.1. The molecular formula is C24H25NO2S. The van der Waals surface area contributed by atoms with E-state index in [4.69, 9.17) is 21.7 Å². The lowest BCUT2D eigenvalue weighted by Gasteiger charge is -2.29. The van der Waals surface area contributed by atoms with Crippen LogP contribution in [0, 0.1) is 0 Å². The number of ether oxygens (including phenoxy) is 2. The van der Waals surface area contributed by atoms with Gasteiger partial charge in [0.2, 0.25) is 0 Å². The number of hydrogen-bond donors (Lipinski definition) is 0. The van der Waals surface area contributed by atoms with Gasteiger partial charge in [0.1, 0.15) is 11.6 Å². The molecule has 0 unspecified atom stereocenters. The average Bonchev–Trinajstić information content (AvgIpc) is 2.77. The third kappa shape index (κ3) is 3.97. The summed E-state index contributed by atoms with van der Waals surface area (Å²) < 4.78 is 11.7. The third-order valence-electron chi connectivity index (χ3n) is 5.32. The van der Waals surface area contributed by atoms with Gasteiger partial charge in [-0.15, -0.1) is 0 Å². The molecule has 1 aliphatic heterocycles. The number of rotatable bonds is 5. The van der Waals surface area contributed by atoms with Crippen molar-refractivity contribution < 1.29 is 9.47 Å². The summed E-state index contributed by atoms with van der Waals surface area (Å²) in [5, 5.41) is 2.43. The fourth-order valence-electron chi connectivity index (χ4n) is 3.77. The van der Waals surface area contributed by atoms with Crippen molar-refractivity contribution in [3.63, 3.8) is 0 Å². The molecule has 3 aromatic carbocycles. The molecule has 1 heterocycles. The van der Waals surface area contributed by atoms with Crippen molar-refractivity contribution in [1.29, 1.82) is 0 Å². The third-order valence-corrected chi connectivity index (χ3v) is 5.81. The van der Waals surface area contributed by atoms with Crippen LogP contribution in [0.3, 0.4) is 0 Å². The Labute approximate surface area is 171 Å². The quantitative estimate of drug-likeness (QED) is 0.529. The molecule has 0 saturated carbocycles. The maximum absolute atomic E-state index is 6.12.